The van der Waals surface area contributed by atoms with E-state index in [1.54, 1.807) is 25.1 Å². The smallest absolute Gasteiger partial charge is 0.338 e. The molecule has 0 aromatic heterocycles. The zero-order valence-electron chi connectivity index (χ0n) is 14.8. The number of esters is 1. The minimum atomic E-state index is -0.754. The van der Waals surface area contributed by atoms with Crippen LogP contribution in [0.4, 0.5) is 14.5 Å². The number of hydrogen-bond acceptors (Lipinski definition) is 4. The molecule has 0 aliphatic heterocycles. The first-order valence-corrected chi connectivity index (χ1v) is 7.96. The Kier molecular flexibility index (Phi) is 6.27. The molecule has 2 rings (SSSR count). The van der Waals surface area contributed by atoms with Crippen molar-refractivity contribution in [1.82, 2.24) is 5.32 Å². The van der Waals surface area contributed by atoms with Crippen LogP contribution in [0.1, 0.15) is 28.9 Å². The maximum absolute atomic E-state index is 13.7. The summed E-state index contributed by atoms with van der Waals surface area (Å²) in [5, 5.41) is 2.51. The van der Waals surface area contributed by atoms with Crippen molar-refractivity contribution >= 4 is 17.6 Å². The molecule has 1 amide bonds. The average Bonchev–Trinajstić information content (AvgIpc) is 2.59. The third kappa shape index (κ3) is 5.02. The fourth-order valence-corrected chi connectivity index (χ4v) is 2.34. The number of nitrogens with one attached hydrogen (secondary N) is 1. The van der Waals surface area contributed by atoms with E-state index in [9.17, 15) is 18.4 Å². The molecule has 0 bridgehead atoms. The van der Waals surface area contributed by atoms with Gasteiger partial charge >= 0.3 is 5.97 Å². The van der Waals surface area contributed by atoms with Crippen molar-refractivity contribution in [3.63, 3.8) is 0 Å². The van der Waals surface area contributed by atoms with E-state index in [0.29, 0.717) is 5.56 Å². The number of rotatable bonds is 6. The van der Waals surface area contributed by atoms with Crippen molar-refractivity contribution in [2.75, 3.05) is 25.6 Å². The first-order valence-electron chi connectivity index (χ1n) is 7.96. The summed E-state index contributed by atoms with van der Waals surface area (Å²) in [7, 11) is 3.68. The molecule has 0 heterocycles. The zero-order chi connectivity index (χ0) is 19.3. The summed E-state index contributed by atoms with van der Waals surface area (Å²) in [6, 6.07) is 9.20. The molecule has 0 saturated carbocycles. The van der Waals surface area contributed by atoms with E-state index in [0.717, 1.165) is 17.8 Å². The SMILES string of the molecule is C[C@H](NC(=O)COC(=O)c1cccc(N(C)C)c1)c1ccc(F)cc1F. The summed E-state index contributed by atoms with van der Waals surface area (Å²) >= 11 is 0. The molecular weight excluding hydrogens is 342 g/mol. The fraction of sp³-hybridized carbons (Fsp3) is 0.263. The van der Waals surface area contributed by atoms with Gasteiger partial charge in [0.25, 0.3) is 5.91 Å². The maximum Gasteiger partial charge on any atom is 0.338 e. The van der Waals surface area contributed by atoms with Gasteiger partial charge in [0.1, 0.15) is 11.6 Å². The van der Waals surface area contributed by atoms with Gasteiger partial charge in [-0.25, -0.2) is 13.6 Å². The van der Waals surface area contributed by atoms with Crippen molar-refractivity contribution in [3.05, 3.63) is 65.2 Å². The third-order valence-electron chi connectivity index (χ3n) is 3.74. The Morgan fingerprint density at radius 1 is 1.15 bits per heavy atom. The minimum Gasteiger partial charge on any atom is -0.452 e. The topological polar surface area (TPSA) is 58.6 Å². The minimum absolute atomic E-state index is 0.143. The fourth-order valence-electron chi connectivity index (χ4n) is 2.34. The largest absolute Gasteiger partial charge is 0.452 e. The first kappa shape index (κ1) is 19.4. The van der Waals surface area contributed by atoms with Crippen LogP contribution in [-0.4, -0.2) is 32.6 Å². The van der Waals surface area contributed by atoms with Crippen LogP contribution < -0.4 is 10.2 Å². The predicted molar refractivity (Wildman–Crippen MR) is 94.0 cm³/mol. The summed E-state index contributed by atoms with van der Waals surface area (Å²) < 4.78 is 31.6. The highest BCUT2D eigenvalue weighted by Gasteiger charge is 2.16. The number of carbonyl (C=O) groups is 2. The number of carbonyl (C=O) groups excluding carboxylic acids is 2. The van der Waals surface area contributed by atoms with Gasteiger partial charge in [0.2, 0.25) is 0 Å². The number of anilines is 1. The van der Waals surface area contributed by atoms with Crippen LogP contribution >= 0.6 is 0 Å². The Labute approximate surface area is 150 Å². The van der Waals surface area contributed by atoms with E-state index in [-0.39, 0.29) is 5.56 Å². The molecule has 138 valence electrons. The van der Waals surface area contributed by atoms with E-state index in [4.69, 9.17) is 4.74 Å². The molecule has 0 aliphatic carbocycles. The van der Waals surface area contributed by atoms with Crippen LogP contribution in [-0.2, 0) is 9.53 Å². The summed E-state index contributed by atoms with van der Waals surface area (Å²) in [4.78, 5) is 25.8. The molecule has 0 fully saturated rings. The van der Waals surface area contributed by atoms with Crippen molar-refractivity contribution < 1.29 is 23.1 Å². The maximum atomic E-state index is 13.7. The Hall–Kier alpha value is -2.96. The molecule has 0 spiro atoms. The lowest BCUT2D eigenvalue weighted by molar-refractivity contribution is -0.124. The molecule has 1 atom stereocenters. The number of nitrogens with zero attached hydrogens (tertiary/aromatic N) is 1. The van der Waals surface area contributed by atoms with Crippen LogP contribution in [0.3, 0.4) is 0 Å². The molecule has 1 N–H and O–H groups in total. The van der Waals surface area contributed by atoms with E-state index >= 15 is 0 Å². The number of halogens is 2. The molecule has 2 aromatic carbocycles. The normalized spacial score (nSPS) is 11.6. The number of ether oxygens (including phenoxy) is 1. The van der Waals surface area contributed by atoms with Gasteiger partial charge in [0.05, 0.1) is 11.6 Å². The lowest BCUT2D eigenvalue weighted by atomic mass is 10.1. The summed E-state index contributed by atoms with van der Waals surface area (Å²) in [5.74, 6) is -2.67. The van der Waals surface area contributed by atoms with E-state index in [2.05, 4.69) is 5.32 Å². The Bertz CT molecular complexity index is 809. The van der Waals surface area contributed by atoms with E-state index in [1.807, 2.05) is 25.1 Å². The number of benzene rings is 2. The molecule has 0 radical (unpaired) electrons. The van der Waals surface area contributed by atoms with Gasteiger partial charge in [0.15, 0.2) is 6.61 Å². The van der Waals surface area contributed by atoms with Gasteiger partial charge in [0, 0.05) is 31.4 Å². The van der Waals surface area contributed by atoms with E-state index < -0.39 is 36.2 Å². The predicted octanol–water partition coefficient (Wildman–Crippen LogP) is 3.07. The van der Waals surface area contributed by atoms with E-state index in [1.165, 1.54) is 6.07 Å². The molecule has 0 aliphatic rings. The number of amides is 1. The summed E-state index contributed by atoms with van der Waals surface area (Å²) in [6.07, 6.45) is 0. The average molecular weight is 362 g/mol. The standard InChI is InChI=1S/C19H20F2N2O3/c1-12(16-8-7-14(20)10-17(16)21)22-18(24)11-26-19(25)13-5-4-6-15(9-13)23(2)3/h4-10,12H,11H2,1-3H3,(H,22,24)/t12-/m0/s1. The Balaban J connectivity index is 1.92. The van der Waals surface area contributed by atoms with Gasteiger partial charge in [-0.3, -0.25) is 4.79 Å². The highest BCUT2D eigenvalue weighted by Crippen LogP contribution is 2.18. The molecule has 26 heavy (non-hydrogen) atoms. The van der Waals surface area contributed by atoms with Crippen LogP contribution in [0.2, 0.25) is 0 Å². The van der Waals surface area contributed by atoms with Crippen molar-refractivity contribution in [2.45, 2.75) is 13.0 Å². The molecule has 7 heteroatoms. The molecule has 2 aromatic rings. The van der Waals surface area contributed by atoms with Crippen LogP contribution in [0.25, 0.3) is 0 Å². The highest BCUT2D eigenvalue weighted by atomic mass is 19.1. The van der Waals surface area contributed by atoms with Crippen LogP contribution in [0.5, 0.6) is 0 Å². The molecule has 0 unspecified atom stereocenters. The Morgan fingerprint density at radius 3 is 2.54 bits per heavy atom. The quantitative estimate of drug-likeness (QED) is 0.803. The number of hydrogen-bond donors (Lipinski definition) is 1. The lowest BCUT2D eigenvalue weighted by Gasteiger charge is -2.15. The second-order valence-corrected chi connectivity index (χ2v) is 5.98. The second-order valence-electron chi connectivity index (χ2n) is 5.98. The summed E-state index contributed by atoms with van der Waals surface area (Å²) in [6.45, 7) is 1.05. The van der Waals surface area contributed by atoms with Gasteiger partial charge in [-0.05, 0) is 31.2 Å². The summed E-state index contributed by atoms with van der Waals surface area (Å²) in [5.41, 5.74) is 1.29. The van der Waals surface area contributed by atoms with Gasteiger partial charge in [-0.1, -0.05) is 12.1 Å². The Morgan fingerprint density at radius 2 is 1.88 bits per heavy atom. The van der Waals surface area contributed by atoms with Crippen molar-refractivity contribution in [3.8, 4) is 0 Å². The molecule has 0 saturated heterocycles. The zero-order valence-corrected chi connectivity index (χ0v) is 14.8. The van der Waals surface area contributed by atoms with Crippen LogP contribution in [0.15, 0.2) is 42.5 Å². The van der Waals surface area contributed by atoms with Crippen molar-refractivity contribution in [1.29, 1.82) is 0 Å². The molecular formula is C19H20F2N2O3. The lowest BCUT2D eigenvalue weighted by Crippen LogP contribution is -2.31. The molecule has 5 nitrogen and oxygen atoms in total. The monoisotopic (exact) mass is 362 g/mol. The highest BCUT2D eigenvalue weighted by molar-refractivity contribution is 5.92. The van der Waals surface area contributed by atoms with Crippen LogP contribution in [0, 0.1) is 11.6 Å². The first-order chi connectivity index (χ1) is 12.3. The van der Waals surface area contributed by atoms with Gasteiger partial charge in [-0.2, -0.15) is 0 Å². The van der Waals surface area contributed by atoms with Gasteiger partial charge < -0.3 is 15.0 Å². The third-order valence-corrected chi connectivity index (χ3v) is 3.74. The van der Waals surface area contributed by atoms with Crippen molar-refractivity contribution in [2.24, 2.45) is 0 Å². The second kappa shape index (κ2) is 8.42. The van der Waals surface area contributed by atoms with Gasteiger partial charge in [-0.15, -0.1) is 0 Å².